The van der Waals surface area contributed by atoms with Gasteiger partial charge in [-0.15, -0.1) is 0 Å². The Kier molecular flexibility index (Phi) is 3.97. The Morgan fingerprint density at radius 3 is 3.11 bits per heavy atom. The molecular weight excluding hydrogens is 249 g/mol. The van der Waals surface area contributed by atoms with Gasteiger partial charge < -0.3 is 15.0 Å². The largest absolute Gasteiger partial charge is 0.385 e. The zero-order valence-corrected chi connectivity index (χ0v) is 10.5. The van der Waals surface area contributed by atoms with Crippen LogP contribution in [-0.2, 0) is 4.74 Å². The number of carbonyl (C=O) groups is 1. The van der Waals surface area contributed by atoms with Crippen LogP contribution in [0.1, 0.15) is 10.4 Å². The Morgan fingerprint density at radius 1 is 1.63 bits per heavy atom. The summed E-state index contributed by atoms with van der Waals surface area (Å²) in [7, 11) is 1.56. The quantitative estimate of drug-likeness (QED) is 0.871. The van der Waals surface area contributed by atoms with Gasteiger partial charge >= 0.3 is 0 Å². The number of carbonyl (C=O) groups excluding carboxylic acids is 1. The molecule has 2 rings (SSSR count). The van der Waals surface area contributed by atoms with E-state index in [1.54, 1.807) is 13.1 Å². The van der Waals surface area contributed by atoms with E-state index in [-0.39, 0.29) is 23.7 Å². The summed E-state index contributed by atoms with van der Waals surface area (Å²) in [5.74, 6) is -0.772. The van der Waals surface area contributed by atoms with Gasteiger partial charge in [-0.1, -0.05) is 6.07 Å². The van der Waals surface area contributed by atoms with Crippen molar-refractivity contribution < 1.29 is 13.9 Å². The highest BCUT2D eigenvalue weighted by Crippen LogP contribution is 2.21. The molecule has 1 aromatic rings. The molecule has 1 unspecified atom stereocenters. The lowest BCUT2D eigenvalue weighted by Crippen LogP contribution is -2.45. The summed E-state index contributed by atoms with van der Waals surface area (Å²) in [5, 5.41) is 11.5. The highest BCUT2D eigenvalue weighted by Gasteiger charge is 2.26. The van der Waals surface area contributed by atoms with Crippen molar-refractivity contribution in [3.8, 4) is 6.07 Å². The molecule has 0 aromatic heterocycles. The third-order valence-corrected chi connectivity index (χ3v) is 2.99. The van der Waals surface area contributed by atoms with Gasteiger partial charge in [0.15, 0.2) is 6.10 Å². The van der Waals surface area contributed by atoms with Crippen molar-refractivity contribution in [1.82, 2.24) is 4.90 Å². The van der Waals surface area contributed by atoms with Gasteiger partial charge in [-0.25, -0.2) is 4.39 Å². The van der Waals surface area contributed by atoms with Crippen molar-refractivity contribution >= 4 is 11.6 Å². The number of anilines is 1. The van der Waals surface area contributed by atoms with E-state index in [9.17, 15) is 9.18 Å². The van der Waals surface area contributed by atoms with Crippen molar-refractivity contribution in [2.75, 3.05) is 32.1 Å². The highest BCUT2D eigenvalue weighted by molar-refractivity contribution is 5.99. The van der Waals surface area contributed by atoms with E-state index in [1.165, 1.54) is 17.0 Å². The highest BCUT2D eigenvalue weighted by atomic mass is 19.1. The number of hydrogen-bond acceptors (Lipinski definition) is 4. The number of rotatable bonds is 2. The lowest BCUT2D eigenvalue weighted by Gasteiger charge is -2.30. The van der Waals surface area contributed by atoms with E-state index < -0.39 is 11.9 Å². The average Bonchev–Trinajstić information content (AvgIpc) is 2.46. The molecule has 1 heterocycles. The number of hydrogen-bond donors (Lipinski definition) is 1. The maximum Gasteiger partial charge on any atom is 0.256 e. The number of benzene rings is 1. The Balaban J connectivity index is 2.25. The lowest BCUT2D eigenvalue weighted by atomic mass is 10.1. The van der Waals surface area contributed by atoms with E-state index in [0.29, 0.717) is 13.2 Å². The first kappa shape index (κ1) is 13.3. The van der Waals surface area contributed by atoms with Gasteiger partial charge in [-0.05, 0) is 12.1 Å². The number of para-hydroxylation sites is 1. The van der Waals surface area contributed by atoms with Crippen molar-refractivity contribution in [3.63, 3.8) is 0 Å². The van der Waals surface area contributed by atoms with Gasteiger partial charge in [0.2, 0.25) is 0 Å². The van der Waals surface area contributed by atoms with Crippen molar-refractivity contribution in [3.05, 3.63) is 29.6 Å². The van der Waals surface area contributed by atoms with Crippen LogP contribution in [-0.4, -0.2) is 43.7 Å². The summed E-state index contributed by atoms with van der Waals surface area (Å²) in [4.78, 5) is 13.9. The predicted octanol–water partition coefficient (Wildman–Crippen LogP) is 1.23. The molecular formula is C13H14FN3O2. The number of nitrogens with one attached hydrogen (secondary N) is 1. The van der Waals surface area contributed by atoms with E-state index in [4.69, 9.17) is 10.00 Å². The smallest absolute Gasteiger partial charge is 0.256 e. The first-order valence-corrected chi connectivity index (χ1v) is 5.94. The minimum Gasteiger partial charge on any atom is -0.385 e. The fourth-order valence-electron chi connectivity index (χ4n) is 2.04. The molecule has 6 heteroatoms. The summed E-state index contributed by atoms with van der Waals surface area (Å²) < 4.78 is 18.8. The fourth-order valence-corrected chi connectivity index (χ4v) is 2.04. The normalized spacial score (nSPS) is 18.8. The fraction of sp³-hybridized carbons (Fsp3) is 0.385. The number of nitriles is 1. The molecule has 1 amide bonds. The van der Waals surface area contributed by atoms with Gasteiger partial charge in [0.1, 0.15) is 5.82 Å². The summed E-state index contributed by atoms with van der Waals surface area (Å²) in [6.45, 7) is 0.917. The number of halogens is 1. The van der Waals surface area contributed by atoms with Gasteiger partial charge in [-0.2, -0.15) is 5.26 Å². The molecule has 19 heavy (non-hydrogen) atoms. The molecule has 1 atom stereocenters. The van der Waals surface area contributed by atoms with Gasteiger partial charge in [0.25, 0.3) is 5.91 Å². The maximum absolute atomic E-state index is 13.6. The molecule has 100 valence electrons. The number of amides is 1. The van der Waals surface area contributed by atoms with Crippen molar-refractivity contribution in [2.45, 2.75) is 6.10 Å². The summed E-state index contributed by atoms with van der Waals surface area (Å²) in [6.07, 6.45) is -0.621. The van der Waals surface area contributed by atoms with Crippen LogP contribution in [0, 0.1) is 17.1 Å². The van der Waals surface area contributed by atoms with Crippen LogP contribution >= 0.6 is 0 Å². The number of nitrogens with zero attached hydrogens (tertiary/aromatic N) is 2. The van der Waals surface area contributed by atoms with E-state index in [2.05, 4.69) is 5.32 Å². The molecule has 1 aromatic carbocycles. The zero-order chi connectivity index (χ0) is 13.8. The molecule has 5 nitrogen and oxygen atoms in total. The minimum atomic E-state index is -0.621. The lowest BCUT2D eigenvalue weighted by molar-refractivity contribution is 0.00350. The third-order valence-electron chi connectivity index (χ3n) is 2.99. The SMILES string of the molecule is CNc1c(F)cccc1C(=O)N1CCOC(C#N)C1. The number of ether oxygens (including phenoxy) is 1. The molecule has 1 fully saturated rings. The molecule has 1 saturated heterocycles. The summed E-state index contributed by atoms with van der Waals surface area (Å²) in [6, 6.07) is 6.32. The van der Waals surface area contributed by atoms with Crippen molar-refractivity contribution in [1.29, 1.82) is 5.26 Å². The summed E-state index contributed by atoms with van der Waals surface area (Å²) in [5.41, 5.74) is 0.439. The molecule has 0 spiro atoms. The average molecular weight is 263 g/mol. The van der Waals surface area contributed by atoms with Crippen LogP contribution in [0.15, 0.2) is 18.2 Å². The van der Waals surface area contributed by atoms with Gasteiger partial charge in [0.05, 0.1) is 30.5 Å². The first-order chi connectivity index (χ1) is 9.17. The van der Waals surface area contributed by atoms with Crippen LogP contribution in [0.3, 0.4) is 0 Å². The van der Waals surface area contributed by atoms with E-state index in [0.717, 1.165) is 0 Å². The van der Waals surface area contributed by atoms with Gasteiger partial charge in [0, 0.05) is 13.6 Å². The maximum atomic E-state index is 13.6. The van der Waals surface area contributed by atoms with Crippen LogP contribution in [0.5, 0.6) is 0 Å². The molecule has 0 radical (unpaired) electrons. The zero-order valence-electron chi connectivity index (χ0n) is 10.5. The van der Waals surface area contributed by atoms with Crippen LogP contribution in [0.4, 0.5) is 10.1 Å². The van der Waals surface area contributed by atoms with E-state index in [1.807, 2.05) is 6.07 Å². The number of morpholine rings is 1. The monoisotopic (exact) mass is 263 g/mol. The third kappa shape index (κ3) is 2.66. The topological polar surface area (TPSA) is 65.4 Å². The minimum absolute atomic E-state index is 0.174. The van der Waals surface area contributed by atoms with Crippen LogP contribution < -0.4 is 5.32 Å². The molecule has 1 N–H and O–H groups in total. The second-order valence-corrected chi connectivity index (χ2v) is 4.15. The molecule has 0 bridgehead atoms. The van der Waals surface area contributed by atoms with Crippen LogP contribution in [0.25, 0.3) is 0 Å². The van der Waals surface area contributed by atoms with Crippen LogP contribution in [0.2, 0.25) is 0 Å². The van der Waals surface area contributed by atoms with Crippen molar-refractivity contribution in [2.24, 2.45) is 0 Å². The predicted molar refractivity (Wildman–Crippen MR) is 67.2 cm³/mol. The molecule has 1 aliphatic rings. The Hall–Kier alpha value is -2.13. The first-order valence-electron chi connectivity index (χ1n) is 5.94. The Morgan fingerprint density at radius 2 is 2.42 bits per heavy atom. The molecule has 0 aliphatic carbocycles. The van der Waals surface area contributed by atoms with E-state index >= 15 is 0 Å². The Labute approximate surface area is 110 Å². The standard InChI is InChI=1S/C13H14FN3O2/c1-16-12-10(3-2-4-11(12)14)13(18)17-5-6-19-9(7-15)8-17/h2-4,9,16H,5-6,8H2,1H3. The second kappa shape index (κ2) is 5.67. The Bertz CT molecular complexity index is 527. The molecule has 1 aliphatic heterocycles. The molecule has 0 saturated carbocycles. The van der Waals surface area contributed by atoms with Gasteiger partial charge in [-0.3, -0.25) is 4.79 Å². The summed E-state index contributed by atoms with van der Waals surface area (Å²) >= 11 is 0. The second-order valence-electron chi connectivity index (χ2n) is 4.15.